The average Bonchev–Trinajstić information content (AvgIpc) is 2.13. The van der Waals surface area contributed by atoms with Crippen LogP contribution in [0.25, 0.3) is 0 Å². The van der Waals surface area contributed by atoms with Gasteiger partial charge in [0, 0.05) is 11.9 Å². The first kappa shape index (κ1) is 17.8. The van der Waals surface area contributed by atoms with E-state index in [9.17, 15) is 0 Å². The van der Waals surface area contributed by atoms with Gasteiger partial charge in [-0.2, -0.15) is 0 Å². The van der Waals surface area contributed by atoms with Crippen LogP contribution in [0.5, 0.6) is 0 Å². The quantitative estimate of drug-likeness (QED) is 0.660. The molecule has 0 rings (SSSR count). The third-order valence-corrected chi connectivity index (χ3v) is 11.5. The van der Waals surface area contributed by atoms with Gasteiger partial charge in [0.15, 0.2) is 0 Å². The molecule has 1 nitrogen and oxygen atoms in total. The molecule has 0 atom stereocenters. The molecule has 0 amide bonds. The second-order valence-corrected chi connectivity index (χ2v) is 13.6. The predicted octanol–water partition coefficient (Wildman–Crippen LogP) is 4.87. The summed E-state index contributed by atoms with van der Waals surface area (Å²) in [5.41, 5.74) is 9.38. The second-order valence-electron chi connectivity index (χ2n) is 5.99. The Morgan fingerprint density at radius 1 is 0.647 bits per heavy atom. The lowest BCUT2D eigenvalue weighted by Crippen LogP contribution is -2.28. The lowest BCUT2D eigenvalue weighted by Gasteiger charge is -2.42. The summed E-state index contributed by atoms with van der Waals surface area (Å²) in [5, 5.41) is 0.792. The molecule has 0 bridgehead atoms. The van der Waals surface area contributed by atoms with E-state index in [0.29, 0.717) is 0 Å². The fourth-order valence-corrected chi connectivity index (χ4v) is 13.0. The van der Waals surface area contributed by atoms with Gasteiger partial charge in [0.25, 0.3) is 0 Å². The first-order valence-corrected chi connectivity index (χ1v) is 10.1. The zero-order valence-corrected chi connectivity index (χ0v) is 14.9. The van der Waals surface area contributed by atoms with E-state index < -0.39 is 0 Å². The van der Waals surface area contributed by atoms with Crippen molar-refractivity contribution in [3.8, 4) is 0 Å². The molecule has 104 valence electrons. The van der Waals surface area contributed by atoms with Crippen molar-refractivity contribution in [3.05, 3.63) is 0 Å². The van der Waals surface area contributed by atoms with Crippen molar-refractivity contribution in [3.63, 3.8) is 0 Å². The summed E-state index contributed by atoms with van der Waals surface area (Å²) in [4.78, 5) is 0. The summed E-state index contributed by atoms with van der Waals surface area (Å²) >= 11 is 0. The molecular weight excluding hydrogens is 244 g/mol. The standard InChI is InChI=1S/C14H33NP2/c1-10(2)16(11(3)4)14(9-15)17(12(5)6)13(7)8/h10-14H,9,15H2,1-8H3. The largest absolute Gasteiger partial charge is 0.329 e. The minimum atomic E-state index is 0.0574. The zero-order valence-electron chi connectivity index (χ0n) is 13.1. The minimum absolute atomic E-state index is 0.0574. The highest BCUT2D eigenvalue weighted by atomic mass is 31.2. The number of hydrogen-bond donors (Lipinski definition) is 1. The van der Waals surface area contributed by atoms with Crippen LogP contribution in [0.3, 0.4) is 0 Å². The maximum Gasteiger partial charge on any atom is 0.0126 e. The third kappa shape index (κ3) is 5.14. The summed E-state index contributed by atoms with van der Waals surface area (Å²) < 4.78 is 0. The van der Waals surface area contributed by atoms with Crippen LogP contribution in [-0.4, -0.2) is 34.6 Å². The molecule has 0 heterocycles. The van der Waals surface area contributed by atoms with E-state index >= 15 is 0 Å². The van der Waals surface area contributed by atoms with E-state index in [1.807, 2.05) is 0 Å². The van der Waals surface area contributed by atoms with Gasteiger partial charge in [-0.1, -0.05) is 71.2 Å². The van der Waals surface area contributed by atoms with Crippen LogP contribution in [0, 0.1) is 0 Å². The summed E-state index contributed by atoms with van der Waals surface area (Å²) in [6.07, 6.45) is 0. The van der Waals surface area contributed by atoms with Crippen LogP contribution >= 0.6 is 15.8 Å². The highest BCUT2D eigenvalue weighted by molar-refractivity contribution is 7.77. The van der Waals surface area contributed by atoms with E-state index in [0.717, 1.165) is 34.6 Å². The Balaban J connectivity index is 5.11. The Bertz CT molecular complexity index is 166. The molecule has 0 aromatic heterocycles. The van der Waals surface area contributed by atoms with Crippen molar-refractivity contribution in [2.75, 3.05) is 6.54 Å². The fraction of sp³-hybridized carbons (Fsp3) is 1.00. The predicted molar refractivity (Wildman–Crippen MR) is 87.2 cm³/mol. The molecule has 0 fully saturated rings. The van der Waals surface area contributed by atoms with Crippen LogP contribution in [0.1, 0.15) is 55.4 Å². The monoisotopic (exact) mass is 277 g/mol. The van der Waals surface area contributed by atoms with E-state index in [2.05, 4.69) is 55.4 Å². The number of nitrogens with two attached hydrogens (primary N) is 1. The molecule has 0 saturated carbocycles. The van der Waals surface area contributed by atoms with Gasteiger partial charge in [-0.05, 0) is 22.6 Å². The number of hydrogen-bond acceptors (Lipinski definition) is 1. The molecule has 0 spiro atoms. The Kier molecular flexibility index (Phi) is 8.47. The van der Waals surface area contributed by atoms with E-state index in [1.165, 1.54) is 0 Å². The Morgan fingerprint density at radius 3 is 1.00 bits per heavy atom. The van der Waals surface area contributed by atoms with Crippen LogP contribution in [0.4, 0.5) is 0 Å². The molecular formula is C14H33NP2. The minimum Gasteiger partial charge on any atom is -0.329 e. The summed E-state index contributed by atoms with van der Waals surface area (Å²) in [6.45, 7) is 20.0. The topological polar surface area (TPSA) is 26.0 Å². The Morgan fingerprint density at radius 2 is 0.882 bits per heavy atom. The van der Waals surface area contributed by atoms with Crippen LogP contribution in [0.2, 0.25) is 0 Å². The highest BCUT2D eigenvalue weighted by Crippen LogP contribution is 2.65. The lowest BCUT2D eigenvalue weighted by molar-refractivity contribution is 0.927. The molecule has 3 heteroatoms. The SMILES string of the molecule is CC(C)P(C(C)C)C(CN)P(C(C)C)C(C)C. The second kappa shape index (κ2) is 8.08. The molecule has 0 saturated heterocycles. The van der Waals surface area contributed by atoms with Crippen LogP contribution in [-0.2, 0) is 0 Å². The van der Waals surface area contributed by atoms with Crippen LogP contribution in [0.15, 0.2) is 0 Å². The normalized spacial score (nSPS) is 13.4. The molecule has 0 radical (unpaired) electrons. The molecule has 2 N–H and O–H groups in total. The van der Waals surface area contributed by atoms with Gasteiger partial charge in [-0.3, -0.25) is 0 Å². The van der Waals surface area contributed by atoms with Crippen molar-refractivity contribution in [1.82, 2.24) is 0 Å². The van der Waals surface area contributed by atoms with Crippen molar-refractivity contribution < 1.29 is 0 Å². The van der Waals surface area contributed by atoms with E-state index in [1.54, 1.807) is 0 Å². The fourth-order valence-electron chi connectivity index (χ4n) is 2.97. The lowest BCUT2D eigenvalue weighted by atomic mass is 10.5. The third-order valence-electron chi connectivity index (χ3n) is 3.28. The van der Waals surface area contributed by atoms with Gasteiger partial charge in [-0.25, -0.2) is 0 Å². The first-order valence-electron chi connectivity index (χ1n) is 6.98. The smallest absolute Gasteiger partial charge is 0.0126 e. The van der Waals surface area contributed by atoms with Crippen molar-refractivity contribution in [2.24, 2.45) is 5.73 Å². The molecule has 0 aliphatic carbocycles. The van der Waals surface area contributed by atoms with Gasteiger partial charge >= 0.3 is 0 Å². The maximum absolute atomic E-state index is 6.16. The summed E-state index contributed by atoms with van der Waals surface area (Å²) in [6, 6.07) is 0. The average molecular weight is 277 g/mol. The van der Waals surface area contributed by atoms with Crippen molar-refractivity contribution in [2.45, 2.75) is 83.4 Å². The van der Waals surface area contributed by atoms with Crippen LogP contribution < -0.4 is 5.73 Å². The molecule has 0 aliphatic heterocycles. The van der Waals surface area contributed by atoms with Gasteiger partial charge in [0.2, 0.25) is 0 Å². The highest BCUT2D eigenvalue weighted by Gasteiger charge is 2.34. The molecule has 0 aromatic carbocycles. The van der Waals surface area contributed by atoms with Crippen molar-refractivity contribution in [1.29, 1.82) is 0 Å². The number of rotatable bonds is 7. The Hall–Kier alpha value is 0.820. The zero-order chi connectivity index (χ0) is 13.7. The van der Waals surface area contributed by atoms with Crippen molar-refractivity contribution >= 4 is 15.8 Å². The first-order chi connectivity index (χ1) is 7.73. The summed E-state index contributed by atoms with van der Waals surface area (Å²) in [7, 11) is 0.115. The van der Waals surface area contributed by atoms with E-state index in [-0.39, 0.29) is 15.8 Å². The van der Waals surface area contributed by atoms with Gasteiger partial charge in [0.05, 0.1) is 0 Å². The van der Waals surface area contributed by atoms with Gasteiger partial charge in [0.1, 0.15) is 0 Å². The summed E-state index contributed by atoms with van der Waals surface area (Å²) in [5.74, 6) is 0. The van der Waals surface area contributed by atoms with Gasteiger partial charge < -0.3 is 5.73 Å². The molecule has 0 aromatic rings. The Labute approximate surface area is 112 Å². The maximum atomic E-state index is 6.16. The van der Waals surface area contributed by atoms with E-state index in [4.69, 9.17) is 5.73 Å². The molecule has 17 heavy (non-hydrogen) atoms. The molecule has 0 aliphatic rings. The van der Waals surface area contributed by atoms with Gasteiger partial charge in [-0.15, -0.1) is 0 Å². The molecule has 0 unspecified atom stereocenters.